The van der Waals surface area contributed by atoms with Gasteiger partial charge in [0, 0.05) is 0 Å². The fourth-order valence-electron chi connectivity index (χ4n) is 14.9. The van der Waals surface area contributed by atoms with Crippen molar-refractivity contribution in [3.63, 3.8) is 0 Å². The number of hydrogen-bond acceptors (Lipinski definition) is 28. The van der Waals surface area contributed by atoms with Crippen LogP contribution in [-0.4, -0.2) is 285 Å². The Bertz CT molecular complexity index is 2070. The van der Waals surface area contributed by atoms with Gasteiger partial charge in [-0.15, -0.1) is 0 Å². The average molecular weight is 1130 g/mol. The van der Waals surface area contributed by atoms with Gasteiger partial charge in [0.2, 0.25) is 6.29 Å². The van der Waals surface area contributed by atoms with Gasteiger partial charge in [0.15, 0.2) is 25.2 Å². The molecular weight excluding hydrogens is 1050 g/mol. The van der Waals surface area contributed by atoms with E-state index in [-0.39, 0.29) is 11.8 Å². The lowest BCUT2D eigenvalue weighted by Crippen LogP contribution is -2.68. The van der Waals surface area contributed by atoms with Crippen LogP contribution in [0.2, 0.25) is 0 Å². The lowest BCUT2D eigenvalue weighted by atomic mass is 9.41. The number of ether oxygens (including phenoxy) is 10. The summed E-state index contributed by atoms with van der Waals surface area (Å²) in [6.45, 7) is 4.51. The van der Waals surface area contributed by atoms with Crippen LogP contribution >= 0.6 is 0 Å². The smallest absolute Gasteiger partial charge is 0.314 e. The van der Waals surface area contributed by atoms with Gasteiger partial charge in [0.25, 0.3) is 0 Å². The second-order valence-electron chi connectivity index (χ2n) is 23.7. The first kappa shape index (κ1) is 60.8. The van der Waals surface area contributed by atoms with Gasteiger partial charge in [-0.3, -0.25) is 4.79 Å². The number of carbonyl (C=O) groups excluding carboxylic acids is 1. The second-order valence-corrected chi connectivity index (χ2v) is 23.7. The molecule has 0 amide bonds. The van der Waals surface area contributed by atoms with E-state index in [0.717, 1.165) is 6.42 Å². The zero-order chi connectivity index (χ0) is 56.7. The van der Waals surface area contributed by atoms with Crippen LogP contribution in [-0.2, 0) is 52.2 Å². The van der Waals surface area contributed by atoms with Crippen LogP contribution in [0.1, 0.15) is 71.6 Å². The molecule has 1 spiro atoms. The van der Waals surface area contributed by atoms with Crippen molar-refractivity contribution >= 4 is 5.97 Å². The van der Waals surface area contributed by atoms with Gasteiger partial charge >= 0.3 is 5.97 Å². The van der Waals surface area contributed by atoms with E-state index in [0.29, 0.717) is 56.9 Å². The summed E-state index contributed by atoms with van der Waals surface area (Å²) in [5, 5.41) is 181. The Morgan fingerprint density at radius 1 is 0.513 bits per heavy atom. The van der Waals surface area contributed by atoms with Crippen molar-refractivity contribution < 1.29 is 139 Å². The molecule has 448 valence electrons. The van der Waals surface area contributed by atoms with Crippen LogP contribution in [0, 0.1) is 28.1 Å². The van der Waals surface area contributed by atoms with E-state index in [9.17, 15) is 91.6 Å². The van der Waals surface area contributed by atoms with Crippen molar-refractivity contribution in [1.29, 1.82) is 0 Å². The minimum Gasteiger partial charge on any atom is -0.432 e. The Morgan fingerprint density at radius 2 is 0.962 bits per heavy atom. The molecule has 4 saturated carbocycles. The zero-order valence-corrected chi connectivity index (χ0v) is 43.3. The molecule has 9 rings (SSSR count). The lowest BCUT2D eigenvalue weighted by molar-refractivity contribution is -0.401. The second kappa shape index (κ2) is 23.3. The predicted octanol–water partition coefficient (Wildman–Crippen LogP) is -7.29. The van der Waals surface area contributed by atoms with E-state index < -0.39 is 214 Å². The zero-order valence-electron chi connectivity index (χ0n) is 43.3. The van der Waals surface area contributed by atoms with Crippen molar-refractivity contribution in [2.75, 3.05) is 33.0 Å². The largest absolute Gasteiger partial charge is 0.432 e. The van der Waals surface area contributed by atoms with E-state index in [1.807, 2.05) is 6.92 Å². The Balaban J connectivity index is 0.972. The summed E-state index contributed by atoms with van der Waals surface area (Å²) >= 11 is 0. The Kier molecular flexibility index (Phi) is 18.2. The summed E-state index contributed by atoms with van der Waals surface area (Å²) in [6, 6.07) is 0. The molecule has 0 aromatic carbocycles. The van der Waals surface area contributed by atoms with Crippen molar-refractivity contribution in [2.45, 2.75) is 231 Å². The summed E-state index contributed by atoms with van der Waals surface area (Å²) in [7, 11) is 0. The van der Waals surface area contributed by atoms with Crippen LogP contribution in [0.3, 0.4) is 0 Å². The number of carbonyl (C=O) groups is 1. The predicted molar refractivity (Wildman–Crippen MR) is 252 cm³/mol. The molecule has 2 bridgehead atoms. The first-order valence-corrected chi connectivity index (χ1v) is 26.9. The monoisotopic (exact) mass is 1130 g/mol. The molecule has 28 nitrogen and oxygen atoms in total. The summed E-state index contributed by atoms with van der Waals surface area (Å²) in [5.41, 5.74) is -2.61. The minimum atomic E-state index is -2.10. The van der Waals surface area contributed by atoms with E-state index >= 15 is 0 Å². The summed E-state index contributed by atoms with van der Waals surface area (Å²) in [4.78, 5) is 14.4. The molecule has 9 fully saturated rings. The maximum atomic E-state index is 14.4. The molecule has 5 saturated heterocycles. The van der Waals surface area contributed by atoms with Crippen molar-refractivity contribution in [3.8, 4) is 0 Å². The van der Waals surface area contributed by atoms with Crippen molar-refractivity contribution in [2.24, 2.45) is 28.1 Å². The van der Waals surface area contributed by atoms with E-state index in [1.54, 1.807) is 0 Å². The van der Waals surface area contributed by atoms with Gasteiger partial charge in [-0.05, 0) is 86.5 Å². The molecular formula is C50H80O28. The fourth-order valence-corrected chi connectivity index (χ4v) is 14.9. The summed E-state index contributed by atoms with van der Waals surface area (Å²) in [5.74, 6) is -0.929. The fraction of sp³-hybridized carbons (Fsp3) is 0.940. The molecule has 9 aliphatic rings. The molecule has 78 heavy (non-hydrogen) atoms. The molecule has 5 heterocycles. The number of aliphatic hydroxyl groups is 17. The highest BCUT2D eigenvalue weighted by Gasteiger charge is 2.70. The number of aliphatic hydroxyl groups excluding tert-OH is 17. The molecule has 0 radical (unpaired) electrons. The van der Waals surface area contributed by atoms with E-state index in [1.165, 1.54) is 0 Å². The normalized spacial score (nSPS) is 54.5. The first-order chi connectivity index (χ1) is 36.8. The third kappa shape index (κ3) is 10.4. The SMILES string of the molecule is C=C1C[C@@]23CC[C@H]4[C@@](C)(CCC[C@@]4(C)C(=O)O[C@@H]4OC(CO)[C@@H](O)[C@H](O)C4O)[C@@H]2CC[C@]1(O[C@@H]1OC(CO)[C@@H](O)[C@H](O[C@@H]2OC(CO[C@@H]4OC(CO)[C@@H](O)[C@H](O)C4O)[C@@H](O)[C@H](O)C2O)C1O[C@@H]1OC(CO)[C@@H](O)[C@H](O)C1O)C3. The Hall–Kier alpha value is -1.83. The average Bonchev–Trinajstić information content (AvgIpc) is 3.87. The van der Waals surface area contributed by atoms with E-state index in [4.69, 9.17) is 47.4 Å². The number of fused-ring (bicyclic) bond motifs is 3. The van der Waals surface area contributed by atoms with Crippen molar-refractivity contribution in [3.05, 3.63) is 12.2 Å². The van der Waals surface area contributed by atoms with Crippen LogP contribution < -0.4 is 0 Å². The third-order valence-electron chi connectivity index (χ3n) is 19.2. The topological polar surface area (TPSA) is 453 Å². The molecule has 0 aromatic rings. The van der Waals surface area contributed by atoms with Gasteiger partial charge in [0.1, 0.15) is 122 Å². The first-order valence-electron chi connectivity index (χ1n) is 26.9. The number of esters is 1. The van der Waals surface area contributed by atoms with Gasteiger partial charge in [0.05, 0.1) is 44.1 Å². The minimum absolute atomic E-state index is 0.0275. The molecule has 0 aromatic heterocycles. The quantitative estimate of drug-likeness (QED) is 0.0411. The number of rotatable bonds is 15. The van der Waals surface area contributed by atoms with Crippen LogP contribution in [0.25, 0.3) is 0 Å². The summed E-state index contributed by atoms with van der Waals surface area (Å²) in [6.07, 6.45) is -39.9. The molecule has 4 aliphatic carbocycles. The van der Waals surface area contributed by atoms with Gasteiger partial charge in [-0.2, -0.15) is 0 Å². The van der Waals surface area contributed by atoms with E-state index in [2.05, 4.69) is 13.5 Å². The maximum absolute atomic E-state index is 14.4. The highest BCUT2D eigenvalue weighted by molar-refractivity contribution is 5.77. The van der Waals surface area contributed by atoms with Crippen LogP contribution in [0.5, 0.6) is 0 Å². The standard InChI is InChI=1S/C50H80O28/c1-18-11-49-9-5-24-47(2,7-4-8-48(24,3)46(68)77-44-38(67)33(62)28(57)21(14-53)72-44)25(49)6-10-50(18,17-49)78-45-40(76-42-36(65)32(61)27(56)20(13-52)71-42)39(30(59)22(15-54)73-45)75-43-37(66)34(63)29(58)23(74-43)16-69-41-35(64)31(60)26(55)19(12-51)70-41/h19-45,51-67H,1,4-17H2,2-3H3/t19?,20?,21?,22?,23?,24-,25-,26+,27+,28+,29+,30+,31-,32-,33-,34-,35?,36?,37?,38?,39-,40?,41+,42-,43-,44-,45-,47+,48+,49+,50-/m0/s1. The highest BCUT2D eigenvalue weighted by Crippen LogP contribution is 2.74. The highest BCUT2D eigenvalue weighted by atomic mass is 16.8. The van der Waals surface area contributed by atoms with Crippen molar-refractivity contribution in [1.82, 2.24) is 0 Å². The Morgan fingerprint density at radius 3 is 1.53 bits per heavy atom. The molecule has 5 aliphatic heterocycles. The number of hydrogen-bond donors (Lipinski definition) is 17. The van der Waals surface area contributed by atoms with Gasteiger partial charge in [-0.25, -0.2) is 0 Å². The lowest BCUT2D eigenvalue weighted by Gasteiger charge is -2.64. The summed E-state index contributed by atoms with van der Waals surface area (Å²) < 4.78 is 59.9. The Labute approximate surface area is 448 Å². The molecule has 17 N–H and O–H groups in total. The maximum Gasteiger partial charge on any atom is 0.314 e. The molecule has 31 atom stereocenters. The van der Waals surface area contributed by atoms with Crippen LogP contribution in [0.4, 0.5) is 0 Å². The molecule has 10 unspecified atom stereocenters. The van der Waals surface area contributed by atoms with Gasteiger partial charge < -0.3 is 134 Å². The van der Waals surface area contributed by atoms with Crippen LogP contribution in [0.15, 0.2) is 12.2 Å². The third-order valence-corrected chi connectivity index (χ3v) is 19.2. The van der Waals surface area contributed by atoms with Gasteiger partial charge in [-0.1, -0.05) is 19.9 Å². The molecule has 28 heteroatoms.